The number of primary sulfonamides is 1. The summed E-state index contributed by atoms with van der Waals surface area (Å²) in [5.41, 5.74) is 0.653. The van der Waals surface area contributed by atoms with Gasteiger partial charge in [0.1, 0.15) is 0 Å². The predicted molar refractivity (Wildman–Crippen MR) is 88.0 cm³/mol. The molecule has 126 valence electrons. The lowest BCUT2D eigenvalue weighted by molar-refractivity contribution is 0.462. The lowest BCUT2D eigenvalue weighted by Crippen LogP contribution is -2.27. The summed E-state index contributed by atoms with van der Waals surface area (Å²) in [5.74, 6) is 0. The Labute approximate surface area is 139 Å². The van der Waals surface area contributed by atoms with Crippen molar-refractivity contribution in [2.45, 2.75) is 29.7 Å². The van der Waals surface area contributed by atoms with E-state index in [9.17, 15) is 16.8 Å². The standard InChI is InChI=1S/C13H17N3O4S3/c1-3-13-15-10(9-21-13)8-16(2)23(19,20)12-6-4-5-11(7-12)22(14,17)18/h4-7,9H,3,8H2,1-2H3,(H2,14,17,18). The third-order valence-electron chi connectivity index (χ3n) is 3.13. The molecule has 2 N–H and O–H groups in total. The average Bonchev–Trinajstić information content (AvgIpc) is 2.94. The molecule has 23 heavy (non-hydrogen) atoms. The van der Waals surface area contributed by atoms with Gasteiger partial charge in [0.15, 0.2) is 0 Å². The van der Waals surface area contributed by atoms with E-state index in [1.165, 1.54) is 36.6 Å². The highest BCUT2D eigenvalue weighted by molar-refractivity contribution is 7.90. The molecule has 0 spiro atoms. The Hall–Kier alpha value is -1.33. The fraction of sp³-hybridized carbons (Fsp3) is 0.308. The van der Waals surface area contributed by atoms with Crippen LogP contribution in [0, 0.1) is 0 Å². The highest BCUT2D eigenvalue weighted by atomic mass is 32.2. The number of sulfonamides is 2. The largest absolute Gasteiger partial charge is 0.245 e. The Morgan fingerprint density at radius 1 is 1.22 bits per heavy atom. The molecule has 0 fully saturated rings. The monoisotopic (exact) mass is 375 g/mol. The average molecular weight is 375 g/mol. The van der Waals surface area contributed by atoms with Crippen LogP contribution in [0.5, 0.6) is 0 Å². The molecule has 0 unspecified atom stereocenters. The molecule has 0 atom stereocenters. The van der Waals surface area contributed by atoms with E-state index >= 15 is 0 Å². The molecule has 0 bridgehead atoms. The van der Waals surface area contributed by atoms with Gasteiger partial charge in [0.05, 0.1) is 27.0 Å². The Bertz CT molecular complexity index is 904. The molecule has 0 aliphatic carbocycles. The number of nitrogens with zero attached hydrogens (tertiary/aromatic N) is 2. The highest BCUT2D eigenvalue weighted by Crippen LogP contribution is 2.20. The molecule has 2 rings (SSSR count). The first-order valence-electron chi connectivity index (χ1n) is 6.67. The highest BCUT2D eigenvalue weighted by Gasteiger charge is 2.23. The van der Waals surface area contributed by atoms with Gasteiger partial charge in [-0.1, -0.05) is 13.0 Å². The van der Waals surface area contributed by atoms with Crippen LogP contribution in [0.1, 0.15) is 17.6 Å². The smallest absolute Gasteiger partial charge is 0.243 e. The van der Waals surface area contributed by atoms with Gasteiger partial charge in [-0.05, 0) is 24.6 Å². The van der Waals surface area contributed by atoms with Gasteiger partial charge in [-0.3, -0.25) is 0 Å². The van der Waals surface area contributed by atoms with E-state index in [0.717, 1.165) is 21.8 Å². The van der Waals surface area contributed by atoms with Crippen molar-refractivity contribution in [3.63, 3.8) is 0 Å². The number of nitrogens with two attached hydrogens (primary N) is 1. The van der Waals surface area contributed by atoms with Gasteiger partial charge < -0.3 is 0 Å². The minimum Gasteiger partial charge on any atom is -0.245 e. The maximum atomic E-state index is 12.6. The summed E-state index contributed by atoms with van der Waals surface area (Å²) in [6.07, 6.45) is 0.789. The van der Waals surface area contributed by atoms with Crippen molar-refractivity contribution in [2.24, 2.45) is 5.14 Å². The number of hydrogen-bond donors (Lipinski definition) is 1. The summed E-state index contributed by atoms with van der Waals surface area (Å²) in [6, 6.07) is 4.99. The third-order valence-corrected chi connectivity index (χ3v) is 6.88. The fourth-order valence-corrected chi connectivity index (χ4v) is 4.45. The molecular formula is C13H17N3O4S3. The zero-order chi connectivity index (χ0) is 17.3. The molecule has 1 aromatic carbocycles. The summed E-state index contributed by atoms with van der Waals surface area (Å²) >= 11 is 1.48. The Balaban J connectivity index is 2.30. The van der Waals surface area contributed by atoms with Crippen LogP contribution < -0.4 is 5.14 Å². The van der Waals surface area contributed by atoms with E-state index in [1.807, 2.05) is 12.3 Å². The van der Waals surface area contributed by atoms with Crippen LogP contribution >= 0.6 is 11.3 Å². The van der Waals surface area contributed by atoms with E-state index in [4.69, 9.17) is 5.14 Å². The van der Waals surface area contributed by atoms with Crippen LogP contribution in [0.2, 0.25) is 0 Å². The topological polar surface area (TPSA) is 110 Å². The molecule has 0 saturated heterocycles. The summed E-state index contributed by atoms with van der Waals surface area (Å²) in [7, 11) is -6.38. The SMILES string of the molecule is CCc1nc(CN(C)S(=O)(=O)c2cccc(S(N)(=O)=O)c2)cs1. The van der Waals surface area contributed by atoms with Crippen molar-refractivity contribution in [3.8, 4) is 0 Å². The first-order chi connectivity index (χ1) is 10.6. The Morgan fingerprint density at radius 2 is 1.87 bits per heavy atom. The molecule has 0 aliphatic rings. The van der Waals surface area contributed by atoms with Gasteiger partial charge in [-0.2, -0.15) is 4.31 Å². The van der Waals surface area contributed by atoms with Crippen LogP contribution in [0.25, 0.3) is 0 Å². The van der Waals surface area contributed by atoms with E-state index in [-0.39, 0.29) is 16.3 Å². The third kappa shape index (κ3) is 4.15. The first kappa shape index (κ1) is 18.0. The zero-order valence-electron chi connectivity index (χ0n) is 12.6. The lowest BCUT2D eigenvalue weighted by Gasteiger charge is -2.16. The summed E-state index contributed by atoms with van der Waals surface area (Å²) in [4.78, 5) is 3.96. The molecular weight excluding hydrogens is 358 g/mol. The lowest BCUT2D eigenvalue weighted by atomic mass is 10.4. The zero-order valence-corrected chi connectivity index (χ0v) is 15.1. The molecule has 1 heterocycles. The van der Waals surface area contributed by atoms with Crippen LogP contribution in [0.15, 0.2) is 39.4 Å². The van der Waals surface area contributed by atoms with Crippen LogP contribution in [-0.2, 0) is 33.0 Å². The van der Waals surface area contributed by atoms with Crippen molar-refractivity contribution in [1.82, 2.24) is 9.29 Å². The molecule has 0 saturated carbocycles. The van der Waals surface area contributed by atoms with Crippen molar-refractivity contribution < 1.29 is 16.8 Å². The number of hydrogen-bond acceptors (Lipinski definition) is 6. The number of rotatable bonds is 6. The van der Waals surface area contributed by atoms with Gasteiger partial charge in [0.2, 0.25) is 20.0 Å². The van der Waals surface area contributed by atoms with Gasteiger partial charge in [-0.15, -0.1) is 11.3 Å². The summed E-state index contributed by atoms with van der Waals surface area (Å²) in [5, 5.41) is 7.79. The molecule has 7 nitrogen and oxygen atoms in total. The number of aryl methyl sites for hydroxylation is 1. The van der Waals surface area contributed by atoms with Gasteiger partial charge >= 0.3 is 0 Å². The van der Waals surface area contributed by atoms with Crippen LogP contribution in [0.4, 0.5) is 0 Å². The van der Waals surface area contributed by atoms with E-state index in [1.54, 1.807) is 0 Å². The quantitative estimate of drug-likeness (QED) is 0.815. The summed E-state index contributed by atoms with van der Waals surface area (Å²) < 4.78 is 49.0. The molecule has 0 amide bonds. The minimum atomic E-state index is -3.96. The van der Waals surface area contributed by atoms with Crippen molar-refractivity contribution >= 4 is 31.4 Å². The van der Waals surface area contributed by atoms with E-state index < -0.39 is 20.0 Å². The molecule has 2 aromatic rings. The van der Waals surface area contributed by atoms with Crippen LogP contribution in [-0.4, -0.2) is 33.2 Å². The van der Waals surface area contributed by atoms with Crippen molar-refractivity contribution in [2.75, 3.05) is 7.05 Å². The Kier molecular flexibility index (Phi) is 5.21. The predicted octanol–water partition coefficient (Wildman–Crippen LogP) is 1.17. The van der Waals surface area contributed by atoms with E-state index in [2.05, 4.69) is 4.98 Å². The second-order valence-corrected chi connectivity index (χ2v) is 9.42. The van der Waals surface area contributed by atoms with Gasteiger partial charge in [0, 0.05) is 12.4 Å². The second-order valence-electron chi connectivity index (χ2n) is 4.87. The summed E-state index contributed by atoms with van der Waals surface area (Å²) in [6.45, 7) is 2.08. The maximum absolute atomic E-state index is 12.6. The first-order valence-corrected chi connectivity index (χ1v) is 10.5. The number of thiazole rings is 1. The minimum absolute atomic E-state index is 0.110. The van der Waals surface area contributed by atoms with Gasteiger partial charge in [-0.25, -0.2) is 27.0 Å². The molecule has 0 radical (unpaired) electrons. The van der Waals surface area contributed by atoms with E-state index in [0.29, 0.717) is 5.69 Å². The molecule has 1 aromatic heterocycles. The fourth-order valence-electron chi connectivity index (χ4n) is 1.89. The second kappa shape index (κ2) is 6.65. The number of aromatic nitrogens is 1. The normalized spacial score (nSPS) is 12.7. The van der Waals surface area contributed by atoms with Crippen LogP contribution in [0.3, 0.4) is 0 Å². The molecule has 10 heteroatoms. The van der Waals surface area contributed by atoms with Gasteiger partial charge in [0.25, 0.3) is 0 Å². The Morgan fingerprint density at radius 3 is 2.43 bits per heavy atom. The van der Waals surface area contributed by atoms with Crippen molar-refractivity contribution in [3.05, 3.63) is 40.3 Å². The van der Waals surface area contributed by atoms with Crippen molar-refractivity contribution in [1.29, 1.82) is 0 Å². The molecule has 0 aliphatic heterocycles. The number of benzene rings is 1. The maximum Gasteiger partial charge on any atom is 0.243 e.